The lowest BCUT2D eigenvalue weighted by Gasteiger charge is -2.05. The van der Waals surface area contributed by atoms with E-state index in [0.717, 1.165) is 29.3 Å². The van der Waals surface area contributed by atoms with Gasteiger partial charge in [-0.1, -0.05) is 13.8 Å². The Morgan fingerprint density at radius 3 is 2.82 bits per heavy atom. The zero-order valence-electron chi connectivity index (χ0n) is 10.8. The normalized spacial score (nSPS) is 11.4. The maximum absolute atomic E-state index is 5.26. The lowest BCUT2D eigenvalue weighted by Crippen LogP contribution is -2.05. The van der Waals surface area contributed by atoms with Crippen LogP contribution in [0, 0.1) is 0 Å². The van der Waals surface area contributed by atoms with Crippen molar-refractivity contribution in [3.05, 3.63) is 29.8 Å². The van der Waals surface area contributed by atoms with Gasteiger partial charge in [0.05, 0.1) is 18.3 Å². The zero-order valence-corrected chi connectivity index (χ0v) is 10.8. The summed E-state index contributed by atoms with van der Waals surface area (Å²) >= 11 is 0. The van der Waals surface area contributed by atoms with E-state index in [4.69, 9.17) is 9.72 Å². The summed E-state index contributed by atoms with van der Waals surface area (Å²) in [5.74, 6) is 2.36. The Bertz CT molecular complexity index is 517. The third kappa shape index (κ3) is 2.13. The molecule has 0 fully saturated rings. The van der Waals surface area contributed by atoms with E-state index < -0.39 is 0 Å². The largest absolute Gasteiger partial charge is 0.497 e. The van der Waals surface area contributed by atoms with Gasteiger partial charge in [0.2, 0.25) is 0 Å². The van der Waals surface area contributed by atoms with Crippen molar-refractivity contribution in [3.8, 4) is 5.75 Å². The number of methoxy groups -OCH3 is 1. The number of fused-ring (bicyclic) bond motifs is 1. The van der Waals surface area contributed by atoms with Crippen LogP contribution in [-0.4, -0.2) is 23.5 Å². The number of rotatable bonds is 4. The van der Waals surface area contributed by atoms with E-state index in [0.29, 0.717) is 5.92 Å². The highest BCUT2D eigenvalue weighted by atomic mass is 16.5. The van der Waals surface area contributed by atoms with Gasteiger partial charge in [-0.3, -0.25) is 0 Å². The number of hydrogen-bond acceptors (Lipinski definition) is 3. The van der Waals surface area contributed by atoms with Crippen molar-refractivity contribution in [1.82, 2.24) is 14.7 Å². The Morgan fingerprint density at radius 2 is 2.24 bits per heavy atom. The molecule has 0 aliphatic carbocycles. The minimum absolute atomic E-state index is 0.404. The second kappa shape index (κ2) is 4.75. The van der Waals surface area contributed by atoms with Gasteiger partial charge in [-0.25, -0.2) is 4.98 Å². The van der Waals surface area contributed by atoms with Crippen LogP contribution in [0.25, 0.3) is 5.52 Å². The molecule has 4 nitrogen and oxygen atoms in total. The van der Waals surface area contributed by atoms with Gasteiger partial charge in [-0.2, -0.15) is 0 Å². The van der Waals surface area contributed by atoms with Gasteiger partial charge in [0, 0.05) is 24.7 Å². The van der Waals surface area contributed by atoms with Crippen LogP contribution in [0.2, 0.25) is 0 Å². The molecule has 0 aliphatic heterocycles. The third-order valence-corrected chi connectivity index (χ3v) is 2.81. The minimum Gasteiger partial charge on any atom is -0.497 e. The number of ether oxygens (including phenoxy) is 1. The highest BCUT2D eigenvalue weighted by molar-refractivity contribution is 5.57. The maximum Gasteiger partial charge on any atom is 0.122 e. The molecule has 2 rings (SSSR count). The van der Waals surface area contributed by atoms with Crippen molar-refractivity contribution in [1.29, 1.82) is 0 Å². The topological polar surface area (TPSA) is 38.6 Å². The molecule has 17 heavy (non-hydrogen) atoms. The molecule has 2 aromatic heterocycles. The average molecular weight is 233 g/mol. The van der Waals surface area contributed by atoms with Crippen molar-refractivity contribution < 1.29 is 4.74 Å². The van der Waals surface area contributed by atoms with E-state index in [-0.39, 0.29) is 0 Å². The van der Waals surface area contributed by atoms with Crippen LogP contribution in [0.1, 0.15) is 31.3 Å². The Hall–Kier alpha value is -1.55. The smallest absolute Gasteiger partial charge is 0.122 e. The molecule has 0 atom stereocenters. The fourth-order valence-corrected chi connectivity index (χ4v) is 1.98. The quantitative estimate of drug-likeness (QED) is 0.879. The molecule has 0 unspecified atom stereocenters. The van der Waals surface area contributed by atoms with Crippen molar-refractivity contribution in [2.75, 3.05) is 14.2 Å². The van der Waals surface area contributed by atoms with Gasteiger partial charge in [0.1, 0.15) is 11.6 Å². The maximum atomic E-state index is 5.26. The summed E-state index contributed by atoms with van der Waals surface area (Å²) in [4.78, 5) is 4.70. The lowest BCUT2D eigenvalue weighted by atomic mass is 10.2. The van der Waals surface area contributed by atoms with E-state index in [1.807, 2.05) is 25.4 Å². The molecule has 1 N–H and O–H groups in total. The first-order valence-corrected chi connectivity index (χ1v) is 5.86. The van der Waals surface area contributed by atoms with Gasteiger partial charge in [-0.15, -0.1) is 0 Å². The van der Waals surface area contributed by atoms with Crippen molar-refractivity contribution in [3.63, 3.8) is 0 Å². The van der Waals surface area contributed by atoms with Crippen LogP contribution in [0.3, 0.4) is 0 Å². The summed E-state index contributed by atoms with van der Waals surface area (Å²) < 4.78 is 7.40. The highest BCUT2D eigenvalue weighted by Gasteiger charge is 2.13. The second-order valence-corrected chi connectivity index (χ2v) is 4.42. The van der Waals surface area contributed by atoms with Crippen molar-refractivity contribution >= 4 is 5.52 Å². The Morgan fingerprint density at radius 1 is 1.47 bits per heavy atom. The van der Waals surface area contributed by atoms with E-state index in [2.05, 4.69) is 23.6 Å². The van der Waals surface area contributed by atoms with Gasteiger partial charge in [0.25, 0.3) is 0 Å². The van der Waals surface area contributed by atoms with Crippen LogP contribution < -0.4 is 10.1 Å². The standard InChI is InChI=1S/C13H19N3O/c1-9(2)13-15-11(8-14-3)12-7-10(17-4)5-6-16(12)13/h5-7,9,14H,8H2,1-4H3. The van der Waals surface area contributed by atoms with Gasteiger partial charge in [-0.05, 0) is 13.1 Å². The zero-order chi connectivity index (χ0) is 12.4. The van der Waals surface area contributed by atoms with Crippen LogP contribution >= 0.6 is 0 Å². The summed E-state index contributed by atoms with van der Waals surface area (Å²) in [6.07, 6.45) is 2.02. The molecule has 4 heteroatoms. The second-order valence-electron chi connectivity index (χ2n) is 4.42. The van der Waals surface area contributed by atoms with Crippen LogP contribution in [0.5, 0.6) is 5.75 Å². The molecule has 0 spiro atoms. The molecule has 2 heterocycles. The predicted molar refractivity (Wildman–Crippen MR) is 68.6 cm³/mol. The highest BCUT2D eigenvalue weighted by Crippen LogP contribution is 2.23. The van der Waals surface area contributed by atoms with E-state index >= 15 is 0 Å². The predicted octanol–water partition coefficient (Wildman–Crippen LogP) is 2.19. The van der Waals surface area contributed by atoms with Gasteiger partial charge < -0.3 is 14.5 Å². The molecule has 0 saturated carbocycles. The first kappa shape index (κ1) is 11.9. The molecule has 2 aromatic rings. The van der Waals surface area contributed by atoms with E-state index in [9.17, 15) is 0 Å². The molecule has 0 saturated heterocycles. The molecule has 92 valence electrons. The van der Waals surface area contributed by atoms with Crippen molar-refractivity contribution in [2.45, 2.75) is 26.3 Å². The molecule has 0 bridgehead atoms. The molecule has 0 radical (unpaired) electrons. The number of pyridine rings is 1. The number of nitrogens with one attached hydrogen (secondary N) is 1. The van der Waals surface area contributed by atoms with Crippen LogP contribution in [0.4, 0.5) is 0 Å². The molecule has 0 aromatic carbocycles. The summed E-state index contributed by atoms with van der Waals surface area (Å²) in [7, 11) is 3.61. The van der Waals surface area contributed by atoms with E-state index in [1.54, 1.807) is 7.11 Å². The summed E-state index contributed by atoms with van der Waals surface area (Å²) in [6, 6.07) is 4.00. The SMILES string of the molecule is CNCc1nc(C(C)C)n2ccc(OC)cc12. The first-order chi connectivity index (χ1) is 8.17. The monoisotopic (exact) mass is 233 g/mol. The molecule has 0 aliphatic rings. The van der Waals surface area contributed by atoms with E-state index in [1.165, 1.54) is 0 Å². The summed E-state index contributed by atoms with van der Waals surface area (Å²) in [6.45, 7) is 5.08. The third-order valence-electron chi connectivity index (χ3n) is 2.81. The molecular formula is C13H19N3O. The summed E-state index contributed by atoms with van der Waals surface area (Å²) in [5.41, 5.74) is 2.18. The first-order valence-electron chi connectivity index (χ1n) is 5.86. The summed E-state index contributed by atoms with van der Waals surface area (Å²) in [5, 5.41) is 3.15. The fourth-order valence-electron chi connectivity index (χ4n) is 1.98. The number of imidazole rings is 1. The Balaban J connectivity index is 2.63. The lowest BCUT2D eigenvalue weighted by molar-refractivity contribution is 0.414. The molecule has 0 amide bonds. The number of nitrogens with zero attached hydrogens (tertiary/aromatic N) is 2. The number of hydrogen-bond donors (Lipinski definition) is 1. The Kier molecular flexibility index (Phi) is 3.33. The number of aromatic nitrogens is 2. The van der Waals surface area contributed by atoms with Crippen LogP contribution in [0.15, 0.2) is 18.3 Å². The van der Waals surface area contributed by atoms with Crippen LogP contribution in [-0.2, 0) is 6.54 Å². The average Bonchev–Trinajstić information content (AvgIpc) is 2.68. The van der Waals surface area contributed by atoms with Gasteiger partial charge in [0.15, 0.2) is 0 Å². The Labute approximate surface area is 102 Å². The van der Waals surface area contributed by atoms with Crippen molar-refractivity contribution in [2.24, 2.45) is 0 Å². The molecular weight excluding hydrogens is 214 g/mol. The van der Waals surface area contributed by atoms with Gasteiger partial charge >= 0.3 is 0 Å². The minimum atomic E-state index is 0.404. The fraction of sp³-hybridized carbons (Fsp3) is 0.462.